The van der Waals surface area contributed by atoms with Crippen LogP contribution in [0.3, 0.4) is 0 Å². The van der Waals surface area contributed by atoms with Crippen LogP contribution in [0.15, 0.2) is 18.5 Å². The van der Waals surface area contributed by atoms with Gasteiger partial charge in [-0.1, -0.05) is 13.8 Å². The summed E-state index contributed by atoms with van der Waals surface area (Å²) in [5, 5.41) is 0. The number of hydrogen-bond acceptors (Lipinski definition) is 4. The molecule has 2 aromatic heterocycles. The first-order valence-electron chi connectivity index (χ1n) is 6.26. The molecule has 0 atom stereocenters. The molecule has 2 N–H and O–H groups in total. The number of thioether (sulfide) groups is 1. The van der Waals surface area contributed by atoms with Gasteiger partial charge in [0.2, 0.25) is 5.95 Å². The van der Waals surface area contributed by atoms with E-state index in [1.165, 1.54) is 0 Å². The molecule has 0 bridgehead atoms. The summed E-state index contributed by atoms with van der Waals surface area (Å²) in [6.45, 7) is 5.36. The number of rotatable bonds is 5. The Kier molecular flexibility index (Phi) is 3.80. The van der Waals surface area contributed by atoms with Crippen molar-refractivity contribution in [3.8, 4) is 0 Å². The molecule has 2 rings (SSSR count). The second-order valence-electron chi connectivity index (χ2n) is 4.51. The number of hydrogen-bond donors (Lipinski definition) is 1. The molecule has 0 aliphatic rings. The van der Waals surface area contributed by atoms with E-state index in [2.05, 4.69) is 34.6 Å². The van der Waals surface area contributed by atoms with Crippen LogP contribution in [0.1, 0.15) is 26.7 Å². The molecule has 0 unspecified atom stereocenters. The fraction of sp³-hybridized carbons (Fsp3) is 0.538. The Morgan fingerprint density at radius 2 is 2.11 bits per heavy atom. The Labute approximate surface area is 112 Å². The van der Waals surface area contributed by atoms with E-state index in [0.717, 1.165) is 30.4 Å². The maximum absolute atomic E-state index is 6.04. The van der Waals surface area contributed by atoms with Gasteiger partial charge in [0.05, 0.1) is 11.7 Å². The standard InChI is InChI=1S/C13H20N4S/c1-4-13(5-2,18-3)9-17-11-6-7-15-8-10(11)16-12(17)14/h6-8H,4-5,9H2,1-3H3,(H2,14,16). The summed E-state index contributed by atoms with van der Waals surface area (Å²) in [5.74, 6) is 0.582. The number of aromatic nitrogens is 3. The van der Waals surface area contributed by atoms with E-state index in [1.807, 2.05) is 17.8 Å². The van der Waals surface area contributed by atoms with Crippen LogP contribution in [0.4, 0.5) is 5.95 Å². The van der Waals surface area contributed by atoms with Crippen LogP contribution in [0.5, 0.6) is 0 Å². The van der Waals surface area contributed by atoms with Crippen LogP contribution in [0, 0.1) is 0 Å². The third kappa shape index (κ3) is 2.19. The quantitative estimate of drug-likeness (QED) is 0.902. The monoisotopic (exact) mass is 264 g/mol. The van der Waals surface area contributed by atoms with Gasteiger partial charge in [0.1, 0.15) is 5.52 Å². The van der Waals surface area contributed by atoms with Gasteiger partial charge >= 0.3 is 0 Å². The van der Waals surface area contributed by atoms with Gasteiger partial charge < -0.3 is 10.3 Å². The van der Waals surface area contributed by atoms with Crippen molar-refractivity contribution in [2.45, 2.75) is 38.0 Å². The van der Waals surface area contributed by atoms with Crippen molar-refractivity contribution in [1.29, 1.82) is 0 Å². The lowest BCUT2D eigenvalue weighted by Crippen LogP contribution is -2.29. The van der Waals surface area contributed by atoms with Gasteiger partial charge in [0.15, 0.2) is 0 Å². The number of nitrogens with two attached hydrogens (primary N) is 1. The predicted octanol–water partition coefficient (Wildman–Crippen LogP) is 2.94. The first-order valence-corrected chi connectivity index (χ1v) is 7.49. The van der Waals surface area contributed by atoms with Gasteiger partial charge in [-0.3, -0.25) is 4.98 Å². The molecule has 0 spiro atoms. The highest BCUT2D eigenvalue weighted by atomic mass is 32.2. The summed E-state index contributed by atoms with van der Waals surface area (Å²) in [6, 6.07) is 1.98. The minimum atomic E-state index is 0.227. The van der Waals surface area contributed by atoms with E-state index in [4.69, 9.17) is 5.73 Å². The molecule has 4 nitrogen and oxygen atoms in total. The van der Waals surface area contributed by atoms with Crippen molar-refractivity contribution in [3.05, 3.63) is 18.5 Å². The number of imidazole rings is 1. The molecule has 5 heteroatoms. The van der Waals surface area contributed by atoms with Crippen molar-refractivity contribution in [3.63, 3.8) is 0 Å². The minimum Gasteiger partial charge on any atom is -0.369 e. The number of nitrogen functional groups attached to an aromatic ring is 1. The second-order valence-corrected chi connectivity index (χ2v) is 5.79. The normalized spacial score (nSPS) is 12.2. The highest BCUT2D eigenvalue weighted by Crippen LogP contribution is 2.34. The molecule has 18 heavy (non-hydrogen) atoms. The topological polar surface area (TPSA) is 56.7 Å². The zero-order chi connectivity index (χ0) is 13.2. The largest absolute Gasteiger partial charge is 0.369 e. The molecular formula is C13H20N4S. The van der Waals surface area contributed by atoms with Gasteiger partial charge in [-0.2, -0.15) is 11.8 Å². The molecule has 0 saturated heterocycles. The van der Waals surface area contributed by atoms with Crippen LogP contribution in [0.2, 0.25) is 0 Å². The summed E-state index contributed by atoms with van der Waals surface area (Å²) in [5.41, 5.74) is 7.98. The van der Waals surface area contributed by atoms with E-state index < -0.39 is 0 Å². The van der Waals surface area contributed by atoms with Crippen molar-refractivity contribution in [2.24, 2.45) is 0 Å². The van der Waals surface area contributed by atoms with Crippen LogP contribution in [-0.4, -0.2) is 25.5 Å². The van der Waals surface area contributed by atoms with Gasteiger partial charge in [0.25, 0.3) is 0 Å². The van der Waals surface area contributed by atoms with E-state index >= 15 is 0 Å². The van der Waals surface area contributed by atoms with Crippen molar-refractivity contribution < 1.29 is 0 Å². The number of fused-ring (bicyclic) bond motifs is 1. The lowest BCUT2D eigenvalue weighted by atomic mass is 10.0. The fourth-order valence-electron chi connectivity index (χ4n) is 2.28. The molecule has 0 radical (unpaired) electrons. The molecular weight excluding hydrogens is 244 g/mol. The molecule has 0 amide bonds. The maximum atomic E-state index is 6.04. The van der Waals surface area contributed by atoms with Gasteiger partial charge in [0, 0.05) is 17.5 Å². The average molecular weight is 264 g/mol. The van der Waals surface area contributed by atoms with Gasteiger partial charge in [-0.25, -0.2) is 4.98 Å². The van der Waals surface area contributed by atoms with E-state index in [9.17, 15) is 0 Å². The highest BCUT2D eigenvalue weighted by Gasteiger charge is 2.27. The molecule has 2 aromatic rings. The van der Waals surface area contributed by atoms with Gasteiger partial charge in [-0.05, 0) is 25.2 Å². The van der Waals surface area contributed by atoms with E-state index in [0.29, 0.717) is 5.95 Å². The SMILES string of the molecule is CCC(CC)(Cn1c(N)nc2cnccc21)SC. The molecule has 98 valence electrons. The first kappa shape index (κ1) is 13.2. The lowest BCUT2D eigenvalue weighted by Gasteiger charge is -2.30. The maximum Gasteiger partial charge on any atom is 0.201 e. The predicted molar refractivity (Wildman–Crippen MR) is 78.8 cm³/mol. The lowest BCUT2D eigenvalue weighted by molar-refractivity contribution is 0.476. The van der Waals surface area contributed by atoms with Gasteiger partial charge in [-0.15, -0.1) is 0 Å². The Balaban J connectivity index is 2.45. The van der Waals surface area contributed by atoms with Crippen molar-refractivity contribution in [1.82, 2.24) is 14.5 Å². The Hall–Kier alpha value is -1.23. The summed E-state index contributed by atoms with van der Waals surface area (Å²) >= 11 is 1.91. The molecule has 0 aromatic carbocycles. The minimum absolute atomic E-state index is 0.227. The molecule has 0 aliphatic carbocycles. The summed E-state index contributed by atoms with van der Waals surface area (Å²) in [7, 11) is 0. The molecule has 0 saturated carbocycles. The zero-order valence-corrected chi connectivity index (χ0v) is 12.0. The summed E-state index contributed by atoms with van der Waals surface area (Å²) in [4.78, 5) is 8.46. The van der Waals surface area contributed by atoms with Crippen LogP contribution < -0.4 is 5.73 Å². The molecule has 0 fully saturated rings. The molecule has 0 aliphatic heterocycles. The summed E-state index contributed by atoms with van der Waals surface area (Å²) < 4.78 is 2.34. The highest BCUT2D eigenvalue weighted by molar-refractivity contribution is 8.00. The third-order valence-electron chi connectivity index (χ3n) is 3.75. The zero-order valence-electron chi connectivity index (χ0n) is 11.2. The van der Waals surface area contributed by atoms with Crippen LogP contribution >= 0.6 is 11.8 Å². The number of anilines is 1. The van der Waals surface area contributed by atoms with Crippen LogP contribution in [0.25, 0.3) is 11.0 Å². The summed E-state index contributed by atoms with van der Waals surface area (Å²) in [6.07, 6.45) is 7.97. The van der Waals surface area contributed by atoms with E-state index in [1.54, 1.807) is 12.4 Å². The van der Waals surface area contributed by atoms with Crippen molar-refractivity contribution >= 4 is 28.7 Å². The third-order valence-corrected chi connectivity index (χ3v) is 5.32. The van der Waals surface area contributed by atoms with E-state index in [-0.39, 0.29) is 4.75 Å². The Morgan fingerprint density at radius 1 is 1.39 bits per heavy atom. The average Bonchev–Trinajstić information content (AvgIpc) is 2.72. The Morgan fingerprint density at radius 3 is 2.72 bits per heavy atom. The smallest absolute Gasteiger partial charge is 0.201 e. The number of nitrogens with zero attached hydrogens (tertiary/aromatic N) is 3. The second kappa shape index (κ2) is 5.18. The molecule has 2 heterocycles. The fourth-order valence-corrected chi connectivity index (χ4v) is 3.12. The first-order chi connectivity index (χ1) is 8.65. The van der Waals surface area contributed by atoms with Crippen LogP contribution in [-0.2, 0) is 6.54 Å². The number of pyridine rings is 1. The van der Waals surface area contributed by atoms with Crippen molar-refractivity contribution in [2.75, 3.05) is 12.0 Å². The Bertz CT molecular complexity index is 523.